The van der Waals surface area contributed by atoms with Crippen LogP contribution in [0, 0.1) is 0 Å². The quantitative estimate of drug-likeness (QED) is 0.676. The van der Waals surface area contributed by atoms with Crippen LogP contribution in [0.5, 0.6) is 0 Å². The predicted molar refractivity (Wildman–Crippen MR) is 59.4 cm³/mol. The Morgan fingerprint density at radius 2 is 2.31 bits per heavy atom. The highest BCUT2D eigenvalue weighted by molar-refractivity contribution is 7.90. The van der Waals surface area contributed by atoms with Gasteiger partial charge in [0.1, 0.15) is 0 Å². The molecule has 0 amide bonds. The number of carboxylic acids is 1. The number of carbonyl (C=O) groups is 1. The average Bonchev–Trinajstić information content (AvgIpc) is 2.48. The Bertz CT molecular complexity index is 468. The van der Waals surface area contributed by atoms with Gasteiger partial charge in [0.25, 0.3) is 10.2 Å². The molecule has 16 heavy (non-hydrogen) atoms. The number of carboxylic acid groups (broad SMARTS) is 1. The van der Waals surface area contributed by atoms with E-state index in [9.17, 15) is 13.2 Å². The fourth-order valence-electron chi connectivity index (χ4n) is 1.01. The lowest BCUT2D eigenvalue weighted by Gasteiger charge is -1.96. The smallest absolute Gasteiger partial charge is 0.303 e. The summed E-state index contributed by atoms with van der Waals surface area (Å²) in [6.07, 6.45) is 1.03. The van der Waals surface area contributed by atoms with Crippen molar-refractivity contribution in [1.82, 2.24) is 4.98 Å². The summed E-state index contributed by atoms with van der Waals surface area (Å²) in [6.45, 7) is 0. The molecule has 0 aliphatic carbocycles. The number of rotatable bonds is 6. The topological polar surface area (TPSA) is 122 Å². The number of aromatic nitrogens is 1. The summed E-state index contributed by atoms with van der Waals surface area (Å²) >= 11 is 1.11. The molecule has 4 N–H and O–H groups in total. The molecule has 0 saturated heterocycles. The largest absolute Gasteiger partial charge is 0.481 e. The van der Waals surface area contributed by atoms with E-state index in [0.717, 1.165) is 11.3 Å². The SMILES string of the molecule is NS(=O)(=O)Nc1nc(CCCC(=O)O)cs1. The predicted octanol–water partition coefficient (Wildman–Crippen LogP) is 0.166. The summed E-state index contributed by atoms with van der Waals surface area (Å²) in [5.74, 6) is -0.863. The van der Waals surface area contributed by atoms with Crippen molar-refractivity contribution >= 4 is 32.6 Å². The summed E-state index contributed by atoms with van der Waals surface area (Å²) in [4.78, 5) is 14.2. The summed E-state index contributed by atoms with van der Waals surface area (Å²) in [5.41, 5.74) is 0.650. The van der Waals surface area contributed by atoms with Crippen LogP contribution in [0.4, 0.5) is 5.13 Å². The third-order valence-electron chi connectivity index (χ3n) is 1.60. The normalized spacial score (nSPS) is 11.3. The van der Waals surface area contributed by atoms with Crippen molar-refractivity contribution in [3.8, 4) is 0 Å². The lowest BCUT2D eigenvalue weighted by atomic mass is 10.2. The van der Waals surface area contributed by atoms with Crippen LogP contribution in [0.2, 0.25) is 0 Å². The van der Waals surface area contributed by atoms with Gasteiger partial charge in [-0.1, -0.05) is 0 Å². The van der Waals surface area contributed by atoms with Crippen LogP contribution >= 0.6 is 11.3 Å². The number of aryl methyl sites for hydroxylation is 1. The van der Waals surface area contributed by atoms with Crippen molar-refractivity contribution in [2.75, 3.05) is 4.72 Å². The Hall–Kier alpha value is -1.19. The number of hydrogen-bond donors (Lipinski definition) is 3. The van der Waals surface area contributed by atoms with Gasteiger partial charge >= 0.3 is 5.97 Å². The van der Waals surface area contributed by atoms with Crippen LogP contribution < -0.4 is 9.86 Å². The fourth-order valence-corrected chi connectivity index (χ4v) is 2.43. The molecular weight excluding hydrogens is 254 g/mol. The second-order valence-corrected chi connectivity index (χ2v) is 5.19. The molecule has 0 fully saturated rings. The third-order valence-corrected chi connectivity index (χ3v) is 3.02. The summed E-state index contributed by atoms with van der Waals surface area (Å²) in [7, 11) is -3.79. The molecule has 1 aromatic rings. The van der Waals surface area contributed by atoms with Gasteiger partial charge in [-0.05, 0) is 12.8 Å². The van der Waals surface area contributed by atoms with E-state index in [4.69, 9.17) is 10.2 Å². The molecule has 0 radical (unpaired) electrons. The molecule has 9 heteroatoms. The van der Waals surface area contributed by atoms with Crippen molar-refractivity contribution in [2.24, 2.45) is 5.14 Å². The van der Waals surface area contributed by atoms with Crippen molar-refractivity contribution in [3.05, 3.63) is 11.1 Å². The Labute approximate surface area is 96.5 Å². The first-order valence-electron chi connectivity index (χ1n) is 4.33. The molecule has 1 rings (SSSR count). The maximum Gasteiger partial charge on any atom is 0.303 e. The maximum absolute atomic E-state index is 10.7. The summed E-state index contributed by atoms with van der Waals surface area (Å²) < 4.78 is 23.4. The standard InChI is InChI=1S/C7H11N3O4S2/c8-16(13,14)10-7-9-5(4-15-7)2-1-3-6(11)12/h4H,1-3H2,(H,9,10)(H,11,12)(H2,8,13,14). The van der Waals surface area contributed by atoms with E-state index < -0.39 is 16.2 Å². The van der Waals surface area contributed by atoms with E-state index in [1.165, 1.54) is 0 Å². The van der Waals surface area contributed by atoms with Crippen LogP contribution in [0.15, 0.2) is 5.38 Å². The minimum atomic E-state index is -3.79. The first-order valence-corrected chi connectivity index (χ1v) is 6.76. The van der Waals surface area contributed by atoms with E-state index in [0.29, 0.717) is 18.5 Å². The highest BCUT2D eigenvalue weighted by Crippen LogP contribution is 2.17. The average molecular weight is 265 g/mol. The summed E-state index contributed by atoms with van der Waals surface area (Å²) in [6, 6.07) is 0. The third kappa shape index (κ3) is 5.05. The second-order valence-electron chi connectivity index (χ2n) is 3.04. The molecule has 0 bridgehead atoms. The molecule has 1 heterocycles. The number of nitrogens with two attached hydrogens (primary N) is 1. The van der Waals surface area contributed by atoms with Gasteiger partial charge in [-0.2, -0.15) is 8.42 Å². The minimum absolute atomic E-state index is 0.0650. The number of nitrogens with one attached hydrogen (secondary N) is 1. The molecule has 0 atom stereocenters. The molecule has 0 unspecified atom stereocenters. The van der Waals surface area contributed by atoms with E-state index >= 15 is 0 Å². The van der Waals surface area contributed by atoms with Crippen LogP contribution in [0.1, 0.15) is 18.5 Å². The van der Waals surface area contributed by atoms with Crippen LogP contribution in [0.3, 0.4) is 0 Å². The van der Waals surface area contributed by atoms with Crippen LogP contribution in [-0.4, -0.2) is 24.5 Å². The maximum atomic E-state index is 10.7. The summed E-state index contributed by atoms with van der Waals surface area (Å²) in [5, 5.41) is 15.0. The number of aliphatic carboxylic acids is 1. The second kappa shape index (κ2) is 5.23. The molecule has 7 nitrogen and oxygen atoms in total. The van der Waals surface area contributed by atoms with Gasteiger partial charge in [-0.15, -0.1) is 11.3 Å². The van der Waals surface area contributed by atoms with Gasteiger partial charge in [0, 0.05) is 11.8 Å². The Balaban J connectivity index is 2.49. The Kier molecular flexibility index (Phi) is 4.21. The highest BCUT2D eigenvalue weighted by Gasteiger charge is 2.07. The van der Waals surface area contributed by atoms with Gasteiger partial charge in [-0.25, -0.2) is 14.8 Å². The van der Waals surface area contributed by atoms with Gasteiger partial charge in [-0.3, -0.25) is 4.79 Å². The Morgan fingerprint density at radius 3 is 2.88 bits per heavy atom. The van der Waals surface area contributed by atoms with Gasteiger partial charge in [0.05, 0.1) is 5.69 Å². The zero-order valence-corrected chi connectivity index (χ0v) is 9.84. The molecule has 1 aromatic heterocycles. The number of nitrogens with zero attached hydrogens (tertiary/aromatic N) is 1. The number of anilines is 1. The molecule has 0 aliphatic heterocycles. The number of hydrogen-bond acceptors (Lipinski definition) is 5. The van der Waals surface area contributed by atoms with E-state index in [-0.39, 0.29) is 11.6 Å². The molecular formula is C7H11N3O4S2. The first kappa shape index (κ1) is 12.9. The minimum Gasteiger partial charge on any atom is -0.481 e. The van der Waals surface area contributed by atoms with Gasteiger partial charge in [0.15, 0.2) is 5.13 Å². The van der Waals surface area contributed by atoms with Crippen molar-refractivity contribution in [3.63, 3.8) is 0 Å². The van der Waals surface area contributed by atoms with Crippen molar-refractivity contribution in [2.45, 2.75) is 19.3 Å². The molecule has 0 aromatic carbocycles. The zero-order chi connectivity index (χ0) is 12.2. The van der Waals surface area contributed by atoms with Crippen molar-refractivity contribution < 1.29 is 18.3 Å². The number of thiazole rings is 1. The first-order chi connectivity index (χ1) is 7.37. The molecule has 0 aliphatic rings. The monoisotopic (exact) mass is 265 g/mol. The Morgan fingerprint density at radius 1 is 1.62 bits per heavy atom. The molecule has 90 valence electrons. The fraction of sp³-hybridized carbons (Fsp3) is 0.429. The zero-order valence-electron chi connectivity index (χ0n) is 8.21. The van der Waals surface area contributed by atoms with E-state index in [2.05, 4.69) is 4.98 Å². The van der Waals surface area contributed by atoms with Gasteiger partial charge in [0.2, 0.25) is 0 Å². The lowest BCUT2D eigenvalue weighted by molar-refractivity contribution is -0.137. The molecule has 0 saturated carbocycles. The van der Waals surface area contributed by atoms with Crippen molar-refractivity contribution in [1.29, 1.82) is 0 Å². The highest BCUT2D eigenvalue weighted by atomic mass is 32.2. The molecule has 0 spiro atoms. The van der Waals surface area contributed by atoms with Gasteiger partial charge < -0.3 is 5.11 Å². The van der Waals surface area contributed by atoms with E-state index in [1.54, 1.807) is 5.38 Å². The van der Waals surface area contributed by atoms with Crippen LogP contribution in [-0.2, 0) is 21.4 Å². The van der Waals surface area contributed by atoms with E-state index in [1.807, 2.05) is 4.72 Å². The lowest BCUT2D eigenvalue weighted by Crippen LogP contribution is -2.21. The van der Waals surface area contributed by atoms with Crippen LogP contribution in [0.25, 0.3) is 0 Å².